The molecule has 0 heterocycles. The third-order valence-corrected chi connectivity index (χ3v) is 3.64. The summed E-state index contributed by atoms with van der Waals surface area (Å²) in [7, 11) is 0. The summed E-state index contributed by atoms with van der Waals surface area (Å²) < 4.78 is 0. The van der Waals surface area contributed by atoms with Crippen LogP contribution in [-0.2, 0) is 5.41 Å². The Morgan fingerprint density at radius 3 is 2.56 bits per heavy atom. The average Bonchev–Trinajstić information content (AvgIpc) is 2.98. The Hall–Kier alpha value is -1.42. The van der Waals surface area contributed by atoms with Crippen LogP contribution in [0.2, 0.25) is 0 Å². The fraction of sp³-hybridized carbons (Fsp3) is 0.500. The molecule has 0 spiro atoms. The number of nitrogens with zero attached hydrogens (tertiary/aromatic N) is 1. The van der Waals surface area contributed by atoms with Crippen molar-refractivity contribution in [3.63, 3.8) is 0 Å². The first-order chi connectivity index (χ1) is 7.47. The van der Waals surface area contributed by atoms with Crippen LogP contribution < -0.4 is 5.73 Å². The van der Waals surface area contributed by atoms with Gasteiger partial charge in [-0.15, -0.1) is 0 Å². The van der Waals surface area contributed by atoms with Crippen LogP contribution in [0, 0.1) is 17.0 Å². The third-order valence-electron chi connectivity index (χ3n) is 3.64. The number of rotatable bonds is 3. The van der Waals surface area contributed by atoms with Gasteiger partial charge >= 0.3 is 0 Å². The van der Waals surface area contributed by atoms with Crippen molar-refractivity contribution in [2.45, 2.75) is 38.1 Å². The van der Waals surface area contributed by atoms with Gasteiger partial charge in [-0.05, 0) is 32.3 Å². The molecular weight excluding hydrogens is 204 g/mol. The van der Waals surface area contributed by atoms with Crippen LogP contribution in [0.15, 0.2) is 18.2 Å². The van der Waals surface area contributed by atoms with E-state index in [-0.39, 0.29) is 22.1 Å². The molecule has 0 aromatic heterocycles. The molecule has 0 aliphatic heterocycles. The van der Waals surface area contributed by atoms with Gasteiger partial charge in [-0.2, -0.15) is 0 Å². The maximum Gasteiger partial charge on any atom is 0.272 e. The van der Waals surface area contributed by atoms with E-state index in [4.69, 9.17) is 5.73 Å². The quantitative estimate of drug-likeness (QED) is 0.627. The molecule has 1 unspecified atom stereocenters. The maximum atomic E-state index is 10.9. The molecule has 2 N–H and O–H groups in total. The summed E-state index contributed by atoms with van der Waals surface area (Å²) in [4.78, 5) is 10.5. The number of nitrogens with two attached hydrogens (primary N) is 1. The second kappa shape index (κ2) is 3.56. The van der Waals surface area contributed by atoms with Crippen molar-refractivity contribution in [3.8, 4) is 0 Å². The summed E-state index contributed by atoms with van der Waals surface area (Å²) in [6, 6.07) is 5.52. The predicted molar refractivity (Wildman–Crippen MR) is 62.4 cm³/mol. The summed E-state index contributed by atoms with van der Waals surface area (Å²) in [6.07, 6.45) is 2.07. The van der Waals surface area contributed by atoms with Crippen molar-refractivity contribution in [1.82, 2.24) is 0 Å². The predicted octanol–water partition coefficient (Wildman–Crippen LogP) is 2.28. The molecule has 1 fully saturated rings. The Morgan fingerprint density at radius 2 is 2.12 bits per heavy atom. The van der Waals surface area contributed by atoms with Crippen LogP contribution >= 0.6 is 0 Å². The van der Waals surface area contributed by atoms with Crippen molar-refractivity contribution < 1.29 is 4.92 Å². The van der Waals surface area contributed by atoms with Crippen LogP contribution in [0.1, 0.15) is 30.9 Å². The first kappa shape index (κ1) is 11.1. The Balaban J connectivity index is 2.44. The Bertz CT molecular complexity index is 437. The normalized spacial score (nSPS) is 19.2. The van der Waals surface area contributed by atoms with Gasteiger partial charge in [0.25, 0.3) is 5.69 Å². The zero-order valence-corrected chi connectivity index (χ0v) is 9.56. The first-order valence-electron chi connectivity index (χ1n) is 5.48. The molecule has 1 aliphatic carbocycles. The standard InChI is InChI=1S/C12H16N2O2/c1-8-3-4-10(7-11(8)14(15)16)12(5-6-12)9(2)13/h3-4,7,9H,5-6,13H2,1-2H3. The van der Waals surface area contributed by atoms with Gasteiger partial charge < -0.3 is 5.73 Å². The fourth-order valence-corrected chi connectivity index (χ4v) is 2.26. The molecule has 1 aliphatic rings. The van der Waals surface area contributed by atoms with E-state index in [9.17, 15) is 10.1 Å². The molecule has 86 valence electrons. The highest BCUT2D eigenvalue weighted by atomic mass is 16.6. The van der Waals surface area contributed by atoms with E-state index < -0.39 is 0 Å². The summed E-state index contributed by atoms with van der Waals surface area (Å²) in [5, 5.41) is 10.9. The van der Waals surface area contributed by atoms with E-state index in [1.165, 1.54) is 0 Å². The molecule has 0 bridgehead atoms. The molecule has 0 amide bonds. The molecular formula is C12H16N2O2. The molecule has 1 aromatic rings. The van der Waals surface area contributed by atoms with Crippen LogP contribution in [0.5, 0.6) is 0 Å². The second-order valence-electron chi connectivity index (χ2n) is 4.70. The largest absolute Gasteiger partial charge is 0.327 e. The molecule has 1 atom stereocenters. The summed E-state index contributed by atoms with van der Waals surface area (Å²) in [5.74, 6) is 0. The third kappa shape index (κ3) is 1.59. The van der Waals surface area contributed by atoms with E-state index in [1.807, 2.05) is 19.1 Å². The van der Waals surface area contributed by atoms with Gasteiger partial charge in [0.05, 0.1) is 4.92 Å². The molecule has 4 nitrogen and oxygen atoms in total. The van der Waals surface area contributed by atoms with Crippen molar-refractivity contribution in [1.29, 1.82) is 0 Å². The minimum atomic E-state index is -0.323. The van der Waals surface area contributed by atoms with Crippen molar-refractivity contribution in [2.24, 2.45) is 5.73 Å². The number of nitro benzene ring substituents is 1. The first-order valence-corrected chi connectivity index (χ1v) is 5.48. The highest BCUT2D eigenvalue weighted by Gasteiger charge is 2.47. The van der Waals surface area contributed by atoms with E-state index in [2.05, 4.69) is 0 Å². The molecule has 0 saturated heterocycles. The van der Waals surface area contributed by atoms with E-state index in [0.717, 1.165) is 18.4 Å². The minimum Gasteiger partial charge on any atom is -0.327 e. The molecule has 2 rings (SSSR count). The van der Waals surface area contributed by atoms with Gasteiger partial charge in [-0.25, -0.2) is 0 Å². The van der Waals surface area contributed by atoms with E-state index >= 15 is 0 Å². The molecule has 1 saturated carbocycles. The van der Waals surface area contributed by atoms with Crippen molar-refractivity contribution in [2.75, 3.05) is 0 Å². The van der Waals surface area contributed by atoms with Crippen LogP contribution in [0.25, 0.3) is 0 Å². The summed E-state index contributed by atoms with van der Waals surface area (Å²) in [6.45, 7) is 3.73. The lowest BCUT2D eigenvalue weighted by Gasteiger charge is -2.20. The van der Waals surface area contributed by atoms with Gasteiger partial charge in [0.15, 0.2) is 0 Å². The van der Waals surface area contributed by atoms with Crippen molar-refractivity contribution in [3.05, 3.63) is 39.4 Å². The molecule has 1 aromatic carbocycles. The Morgan fingerprint density at radius 1 is 1.50 bits per heavy atom. The maximum absolute atomic E-state index is 10.9. The lowest BCUT2D eigenvalue weighted by atomic mass is 9.88. The molecule has 4 heteroatoms. The highest BCUT2D eigenvalue weighted by Crippen LogP contribution is 2.50. The van der Waals surface area contributed by atoms with Crippen molar-refractivity contribution >= 4 is 5.69 Å². The lowest BCUT2D eigenvalue weighted by molar-refractivity contribution is -0.385. The lowest BCUT2D eigenvalue weighted by Crippen LogP contribution is -2.31. The number of aryl methyl sites for hydroxylation is 1. The zero-order valence-electron chi connectivity index (χ0n) is 9.56. The smallest absolute Gasteiger partial charge is 0.272 e. The van der Waals surface area contributed by atoms with Gasteiger partial charge in [0.1, 0.15) is 0 Å². The molecule has 16 heavy (non-hydrogen) atoms. The topological polar surface area (TPSA) is 69.2 Å². The average molecular weight is 220 g/mol. The van der Waals surface area contributed by atoms with Gasteiger partial charge in [-0.3, -0.25) is 10.1 Å². The summed E-state index contributed by atoms with van der Waals surface area (Å²) >= 11 is 0. The number of nitro groups is 1. The zero-order chi connectivity index (χ0) is 11.9. The second-order valence-corrected chi connectivity index (χ2v) is 4.70. The number of hydrogen-bond acceptors (Lipinski definition) is 3. The Kier molecular flexibility index (Phi) is 2.46. The number of benzene rings is 1. The van der Waals surface area contributed by atoms with Crippen LogP contribution in [0.3, 0.4) is 0 Å². The SMILES string of the molecule is Cc1ccc(C2(C(C)N)CC2)cc1[N+](=O)[O-]. The van der Waals surface area contributed by atoms with Crippen LogP contribution in [0.4, 0.5) is 5.69 Å². The van der Waals surface area contributed by atoms with Gasteiger partial charge in [-0.1, -0.05) is 12.1 Å². The highest BCUT2D eigenvalue weighted by molar-refractivity contribution is 5.47. The van der Waals surface area contributed by atoms with Gasteiger partial charge in [0, 0.05) is 23.1 Å². The molecule has 0 radical (unpaired) electrons. The fourth-order valence-electron chi connectivity index (χ4n) is 2.26. The van der Waals surface area contributed by atoms with Gasteiger partial charge in [0.2, 0.25) is 0 Å². The van der Waals surface area contributed by atoms with Crippen LogP contribution in [-0.4, -0.2) is 11.0 Å². The monoisotopic (exact) mass is 220 g/mol. The number of hydrogen-bond donors (Lipinski definition) is 1. The van der Waals surface area contributed by atoms with E-state index in [1.54, 1.807) is 13.0 Å². The Labute approximate surface area is 94.6 Å². The van der Waals surface area contributed by atoms with E-state index in [0.29, 0.717) is 5.56 Å². The minimum absolute atomic E-state index is 0.0154. The summed E-state index contributed by atoms with van der Waals surface area (Å²) in [5.41, 5.74) is 7.86.